The van der Waals surface area contributed by atoms with Crippen LogP contribution in [0.2, 0.25) is 0 Å². The van der Waals surface area contributed by atoms with Crippen molar-refractivity contribution in [1.82, 2.24) is 0 Å². The lowest BCUT2D eigenvalue weighted by atomic mass is 10.0. The predicted octanol–water partition coefficient (Wildman–Crippen LogP) is 3.14. The van der Waals surface area contributed by atoms with E-state index < -0.39 is 9.84 Å². The van der Waals surface area contributed by atoms with Crippen LogP contribution in [0.15, 0.2) is 46.0 Å². The predicted molar refractivity (Wildman–Crippen MR) is 93.6 cm³/mol. The van der Waals surface area contributed by atoms with E-state index in [4.69, 9.17) is 0 Å². The number of hydrogen-bond donors (Lipinski definition) is 0. The summed E-state index contributed by atoms with van der Waals surface area (Å²) in [7, 11) is -3.30. The van der Waals surface area contributed by atoms with Gasteiger partial charge in [0.1, 0.15) is 0 Å². The highest BCUT2D eigenvalue weighted by molar-refractivity contribution is 7.90. The van der Waals surface area contributed by atoms with E-state index in [1.165, 1.54) is 6.26 Å². The van der Waals surface area contributed by atoms with Gasteiger partial charge in [-0.25, -0.2) is 8.42 Å². The third kappa shape index (κ3) is 3.38. The highest BCUT2D eigenvalue weighted by Gasteiger charge is 2.25. The Kier molecular flexibility index (Phi) is 4.37. The van der Waals surface area contributed by atoms with Crippen molar-refractivity contribution in [3.63, 3.8) is 0 Å². The number of fused-ring (bicyclic) bond motifs is 1. The van der Waals surface area contributed by atoms with Crippen molar-refractivity contribution in [2.45, 2.75) is 17.7 Å². The average Bonchev–Trinajstić information content (AvgIpc) is 3.04. The fraction of sp³-hybridized carbons (Fsp3) is 0.235. The summed E-state index contributed by atoms with van der Waals surface area (Å²) < 4.78 is 23.9. The zero-order chi connectivity index (χ0) is 16.4. The quantitative estimate of drug-likeness (QED) is 0.802. The molecule has 0 bridgehead atoms. The van der Waals surface area contributed by atoms with Crippen LogP contribution in [0.4, 0.5) is 5.69 Å². The van der Waals surface area contributed by atoms with Crippen LogP contribution < -0.4 is 4.90 Å². The lowest BCUT2D eigenvalue weighted by molar-refractivity contribution is -0.114. The highest BCUT2D eigenvalue weighted by atomic mass is 32.2. The fourth-order valence-corrected chi connectivity index (χ4v) is 4.40. The van der Waals surface area contributed by atoms with Gasteiger partial charge in [0, 0.05) is 24.6 Å². The number of anilines is 1. The van der Waals surface area contributed by atoms with Gasteiger partial charge in [-0.3, -0.25) is 4.79 Å². The molecule has 4 nitrogen and oxygen atoms in total. The molecule has 0 unspecified atom stereocenters. The third-order valence-corrected chi connectivity index (χ3v) is 5.72. The largest absolute Gasteiger partial charge is 0.309 e. The van der Waals surface area contributed by atoms with E-state index in [1.807, 2.05) is 22.9 Å². The van der Waals surface area contributed by atoms with E-state index >= 15 is 0 Å². The number of carbonyl (C=O) groups excluding carboxylic acids is 1. The molecule has 6 heteroatoms. The molecule has 1 aliphatic heterocycles. The number of hydrogen-bond acceptors (Lipinski definition) is 4. The van der Waals surface area contributed by atoms with E-state index in [9.17, 15) is 13.2 Å². The van der Waals surface area contributed by atoms with Crippen LogP contribution in [0.1, 0.15) is 17.5 Å². The van der Waals surface area contributed by atoms with Crippen LogP contribution in [0.3, 0.4) is 0 Å². The van der Waals surface area contributed by atoms with Gasteiger partial charge in [-0.2, -0.15) is 11.3 Å². The van der Waals surface area contributed by atoms with Crippen molar-refractivity contribution in [2.24, 2.45) is 0 Å². The Balaban J connectivity index is 1.94. The lowest BCUT2D eigenvalue weighted by Gasteiger charge is -2.29. The molecule has 1 aromatic carbocycles. The number of carbonyl (C=O) groups is 1. The number of sulfone groups is 1. The average molecular weight is 347 g/mol. The molecule has 0 fully saturated rings. The van der Waals surface area contributed by atoms with Crippen LogP contribution >= 0.6 is 11.3 Å². The molecule has 1 aromatic heterocycles. The molecule has 0 aliphatic carbocycles. The smallest absolute Gasteiger partial charge is 0.250 e. The third-order valence-electron chi connectivity index (χ3n) is 3.83. The van der Waals surface area contributed by atoms with Crippen LogP contribution in [0.25, 0.3) is 6.08 Å². The minimum absolute atomic E-state index is 0.122. The van der Waals surface area contributed by atoms with Crippen molar-refractivity contribution in [3.05, 3.63) is 52.2 Å². The van der Waals surface area contributed by atoms with Crippen molar-refractivity contribution < 1.29 is 13.2 Å². The molecule has 3 rings (SSSR count). The number of amides is 1. The van der Waals surface area contributed by atoms with Gasteiger partial charge in [0.05, 0.1) is 4.90 Å². The van der Waals surface area contributed by atoms with Gasteiger partial charge < -0.3 is 4.90 Å². The van der Waals surface area contributed by atoms with E-state index in [-0.39, 0.29) is 5.91 Å². The Morgan fingerprint density at radius 3 is 2.83 bits per heavy atom. The zero-order valence-electron chi connectivity index (χ0n) is 12.7. The molecule has 0 saturated carbocycles. The second kappa shape index (κ2) is 6.29. The second-order valence-electron chi connectivity index (χ2n) is 5.51. The molecular formula is C17H17NO3S2. The van der Waals surface area contributed by atoms with Gasteiger partial charge in [0.15, 0.2) is 9.84 Å². The van der Waals surface area contributed by atoms with Gasteiger partial charge in [0.25, 0.3) is 5.91 Å². The minimum atomic E-state index is -3.30. The number of rotatable bonds is 3. The number of benzene rings is 1. The van der Waals surface area contributed by atoms with Gasteiger partial charge >= 0.3 is 0 Å². The van der Waals surface area contributed by atoms with Gasteiger partial charge in [-0.1, -0.05) is 6.07 Å². The van der Waals surface area contributed by atoms with Crippen molar-refractivity contribution in [1.29, 1.82) is 0 Å². The molecule has 120 valence electrons. The summed E-state index contributed by atoms with van der Waals surface area (Å²) in [5.74, 6) is -0.122. The molecule has 0 saturated heterocycles. The Bertz CT molecular complexity index is 852. The van der Waals surface area contributed by atoms with Crippen molar-refractivity contribution >= 4 is 38.8 Å². The summed E-state index contributed by atoms with van der Waals surface area (Å²) in [6.07, 6.45) is 5.98. The van der Waals surface area contributed by atoms with Gasteiger partial charge in [-0.05, 0) is 59.0 Å². The molecule has 0 spiro atoms. The Hall–Kier alpha value is -1.92. The SMILES string of the molecule is CS(=O)(=O)c1cccc2c1CCCN2C(=O)/C=C/c1ccsc1. The molecule has 23 heavy (non-hydrogen) atoms. The first kappa shape index (κ1) is 16.0. The van der Waals surface area contributed by atoms with E-state index in [2.05, 4.69) is 0 Å². The number of thiophene rings is 1. The minimum Gasteiger partial charge on any atom is -0.309 e. The Labute approximate surface area is 140 Å². The summed E-state index contributed by atoms with van der Waals surface area (Å²) in [5.41, 5.74) is 2.45. The van der Waals surface area contributed by atoms with Gasteiger partial charge in [-0.15, -0.1) is 0 Å². The van der Waals surface area contributed by atoms with Crippen LogP contribution in [0.5, 0.6) is 0 Å². The summed E-state index contributed by atoms with van der Waals surface area (Å²) >= 11 is 1.58. The Morgan fingerprint density at radius 2 is 2.13 bits per heavy atom. The zero-order valence-corrected chi connectivity index (χ0v) is 14.4. The van der Waals surface area contributed by atoms with Crippen molar-refractivity contribution in [3.8, 4) is 0 Å². The van der Waals surface area contributed by atoms with Crippen molar-refractivity contribution in [2.75, 3.05) is 17.7 Å². The maximum atomic E-state index is 12.5. The molecule has 1 aliphatic rings. The summed E-state index contributed by atoms with van der Waals surface area (Å²) in [5, 5.41) is 3.93. The fourth-order valence-electron chi connectivity index (χ4n) is 2.80. The topological polar surface area (TPSA) is 54.5 Å². The van der Waals surface area contributed by atoms with E-state index in [0.717, 1.165) is 17.5 Å². The van der Waals surface area contributed by atoms with Gasteiger partial charge in [0.2, 0.25) is 0 Å². The normalized spacial score (nSPS) is 14.9. The molecule has 0 radical (unpaired) electrons. The standard InChI is InChI=1S/C17H17NO3S2/c1-23(20,21)16-6-2-5-15-14(16)4-3-10-18(15)17(19)8-7-13-9-11-22-12-13/h2,5-9,11-12H,3-4,10H2,1H3/b8-7+. The highest BCUT2D eigenvalue weighted by Crippen LogP contribution is 2.32. The molecule has 0 atom stereocenters. The van der Waals surface area contributed by atoms with Crippen LogP contribution in [-0.2, 0) is 21.1 Å². The maximum absolute atomic E-state index is 12.5. The van der Waals surface area contributed by atoms with Crippen LogP contribution in [0, 0.1) is 0 Å². The number of nitrogens with zero attached hydrogens (tertiary/aromatic N) is 1. The molecule has 1 amide bonds. The lowest BCUT2D eigenvalue weighted by Crippen LogP contribution is -2.34. The first-order valence-corrected chi connectivity index (χ1v) is 10.1. The van der Waals surface area contributed by atoms with E-state index in [1.54, 1.807) is 40.5 Å². The molecular weight excluding hydrogens is 330 g/mol. The first-order chi connectivity index (χ1) is 11.0. The molecule has 2 aromatic rings. The first-order valence-electron chi connectivity index (χ1n) is 7.30. The van der Waals surface area contributed by atoms with E-state index in [0.29, 0.717) is 23.5 Å². The summed E-state index contributed by atoms with van der Waals surface area (Å²) in [4.78, 5) is 14.5. The summed E-state index contributed by atoms with van der Waals surface area (Å²) in [6.45, 7) is 0.604. The Morgan fingerprint density at radius 1 is 1.30 bits per heavy atom. The second-order valence-corrected chi connectivity index (χ2v) is 8.27. The molecule has 2 heterocycles. The molecule has 0 N–H and O–H groups in total. The van der Waals surface area contributed by atoms with Crippen LogP contribution in [-0.4, -0.2) is 27.1 Å². The summed E-state index contributed by atoms with van der Waals surface area (Å²) in [6, 6.07) is 7.08. The maximum Gasteiger partial charge on any atom is 0.250 e. The monoisotopic (exact) mass is 347 g/mol.